The van der Waals surface area contributed by atoms with E-state index in [1.807, 2.05) is 29.0 Å². The fraction of sp³-hybridized carbons (Fsp3) is 0.250. The molecule has 3 heterocycles. The zero-order chi connectivity index (χ0) is 14.9. The summed E-state index contributed by atoms with van der Waals surface area (Å²) in [5.41, 5.74) is 2.01. The number of pyridine rings is 1. The number of piperazine rings is 1. The molecule has 1 N–H and O–H groups in total. The molecule has 0 aliphatic carbocycles. The van der Waals surface area contributed by atoms with Gasteiger partial charge in [0, 0.05) is 49.6 Å². The van der Waals surface area contributed by atoms with E-state index in [1.54, 1.807) is 12.5 Å². The molecule has 4 rings (SSSR count). The van der Waals surface area contributed by atoms with E-state index in [0.29, 0.717) is 5.02 Å². The topological polar surface area (TPSA) is 46.0 Å². The van der Waals surface area contributed by atoms with Gasteiger partial charge in [0.25, 0.3) is 0 Å². The molecule has 1 aromatic carbocycles. The Labute approximate surface area is 133 Å². The molecule has 5 nitrogen and oxygen atoms in total. The van der Waals surface area contributed by atoms with Gasteiger partial charge in [-0.15, -0.1) is 0 Å². The maximum absolute atomic E-state index is 6.47. The summed E-state index contributed by atoms with van der Waals surface area (Å²) in [6.07, 6.45) is 5.47. The summed E-state index contributed by atoms with van der Waals surface area (Å²) in [4.78, 5) is 11.1. The van der Waals surface area contributed by atoms with Crippen molar-refractivity contribution in [3.63, 3.8) is 0 Å². The van der Waals surface area contributed by atoms with Crippen LogP contribution in [0.2, 0.25) is 5.02 Å². The first-order valence-corrected chi connectivity index (χ1v) is 7.73. The standard InChI is InChI=1S/C16H16ClN5/c17-14-10-12-9-13(22-8-5-19-11-22)1-2-15(12)20-16(14)21-6-3-18-4-7-21/h1-2,5,8-11,18H,3-4,6-7H2. The van der Waals surface area contributed by atoms with Gasteiger partial charge in [0.2, 0.25) is 0 Å². The van der Waals surface area contributed by atoms with Crippen LogP contribution < -0.4 is 10.2 Å². The van der Waals surface area contributed by atoms with Gasteiger partial charge in [-0.3, -0.25) is 0 Å². The van der Waals surface area contributed by atoms with Gasteiger partial charge < -0.3 is 14.8 Å². The van der Waals surface area contributed by atoms with Gasteiger partial charge in [0.05, 0.1) is 16.9 Å². The molecule has 0 bridgehead atoms. The summed E-state index contributed by atoms with van der Waals surface area (Å²) < 4.78 is 1.97. The van der Waals surface area contributed by atoms with E-state index in [1.165, 1.54) is 0 Å². The summed E-state index contributed by atoms with van der Waals surface area (Å²) in [7, 11) is 0. The number of rotatable bonds is 2. The lowest BCUT2D eigenvalue weighted by molar-refractivity contribution is 0.585. The molecule has 1 aliphatic rings. The van der Waals surface area contributed by atoms with Crippen LogP contribution in [-0.2, 0) is 0 Å². The molecule has 2 aromatic heterocycles. The van der Waals surface area contributed by atoms with Crippen molar-refractivity contribution in [2.45, 2.75) is 0 Å². The molecule has 0 radical (unpaired) electrons. The first kappa shape index (κ1) is 13.5. The van der Waals surface area contributed by atoms with Gasteiger partial charge >= 0.3 is 0 Å². The lowest BCUT2D eigenvalue weighted by atomic mass is 10.2. The average molecular weight is 314 g/mol. The minimum absolute atomic E-state index is 0.706. The van der Waals surface area contributed by atoms with Gasteiger partial charge in [-0.05, 0) is 24.3 Å². The van der Waals surface area contributed by atoms with E-state index >= 15 is 0 Å². The second-order valence-electron chi connectivity index (χ2n) is 5.38. The summed E-state index contributed by atoms with van der Waals surface area (Å²) in [5, 5.41) is 5.09. The second-order valence-corrected chi connectivity index (χ2v) is 5.79. The van der Waals surface area contributed by atoms with Crippen LogP contribution in [0.5, 0.6) is 0 Å². The fourth-order valence-electron chi connectivity index (χ4n) is 2.80. The summed E-state index contributed by atoms with van der Waals surface area (Å²) in [6.45, 7) is 3.81. The first-order valence-electron chi connectivity index (χ1n) is 7.35. The highest BCUT2D eigenvalue weighted by atomic mass is 35.5. The Balaban J connectivity index is 1.76. The van der Waals surface area contributed by atoms with Crippen LogP contribution in [0.25, 0.3) is 16.6 Å². The van der Waals surface area contributed by atoms with Crippen molar-refractivity contribution in [3.8, 4) is 5.69 Å². The molecule has 0 atom stereocenters. The van der Waals surface area contributed by atoms with Crippen molar-refractivity contribution in [3.05, 3.63) is 48.0 Å². The monoisotopic (exact) mass is 313 g/mol. The van der Waals surface area contributed by atoms with Crippen molar-refractivity contribution in [2.24, 2.45) is 0 Å². The van der Waals surface area contributed by atoms with E-state index in [0.717, 1.165) is 48.6 Å². The molecule has 0 saturated carbocycles. The van der Waals surface area contributed by atoms with Crippen LogP contribution in [0.4, 0.5) is 5.82 Å². The number of hydrogen-bond acceptors (Lipinski definition) is 4. The van der Waals surface area contributed by atoms with E-state index < -0.39 is 0 Å². The largest absolute Gasteiger partial charge is 0.353 e. The number of imidazole rings is 1. The van der Waals surface area contributed by atoms with Crippen LogP contribution in [0, 0.1) is 0 Å². The van der Waals surface area contributed by atoms with Crippen LogP contribution in [0.3, 0.4) is 0 Å². The maximum Gasteiger partial charge on any atom is 0.148 e. The average Bonchev–Trinajstić information content (AvgIpc) is 3.09. The Kier molecular flexibility index (Phi) is 3.44. The SMILES string of the molecule is Clc1cc2cc(-n3ccnc3)ccc2nc1N1CCNCC1. The number of nitrogens with one attached hydrogen (secondary N) is 1. The van der Waals surface area contributed by atoms with Crippen LogP contribution in [0.15, 0.2) is 43.0 Å². The zero-order valence-corrected chi connectivity index (χ0v) is 12.8. The van der Waals surface area contributed by atoms with E-state index in [4.69, 9.17) is 16.6 Å². The van der Waals surface area contributed by atoms with Crippen molar-refractivity contribution in [1.82, 2.24) is 19.9 Å². The molecule has 3 aromatic rings. The van der Waals surface area contributed by atoms with Crippen LogP contribution >= 0.6 is 11.6 Å². The Hall–Kier alpha value is -2.11. The molecule has 0 unspecified atom stereocenters. The number of anilines is 1. The number of hydrogen-bond donors (Lipinski definition) is 1. The molecule has 0 spiro atoms. The fourth-order valence-corrected chi connectivity index (χ4v) is 3.08. The molecule has 1 fully saturated rings. The smallest absolute Gasteiger partial charge is 0.148 e. The molecule has 1 aliphatic heterocycles. The predicted molar refractivity (Wildman–Crippen MR) is 89.0 cm³/mol. The predicted octanol–water partition coefficient (Wildman–Crippen LogP) is 2.48. The minimum atomic E-state index is 0.706. The van der Waals surface area contributed by atoms with E-state index in [2.05, 4.69) is 21.3 Å². The lowest BCUT2D eigenvalue weighted by Crippen LogP contribution is -2.44. The molecular formula is C16H16ClN5. The normalized spacial score (nSPS) is 15.4. The summed E-state index contributed by atoms with van der Waals surface area (Å²) in [6, 6.07) is 8.16. The van der Waals surface area contributed by atoms with Gasteiger partial charge in [-0.1, -0.05) is 11.6 Å². The summed E-state index contributed by atoms with van der Waals surface area (Å²) in [5.74, 6) is 0.881. The number of benzene rings is 1. The molecule has 0 amide bonds. The van der Waals surface area contributed by atoms with Crippen LogP contribution in [0.1, 0.15) is 0 Å². The zero-order valence-electron chi connectivity index (χ0n) is 12.0. The summed E-state index contributed by atoms with van der Waals surface area (Å²) >= 11 is 6.47. The molecule has 112 valence electrons. The van der Waals surface area contributed by atoms with Gasteiger partial charge in [0.15, 0.2) is 0 Å². The molecule has 6 heteroatoms. The molecular weight excluding hydrogens is 298 g/mol. The number of aromatic nitrogens is 3. The lowest BCUT2D eigenvalue weighted by Gasteiger charge is -2.29. The van der Waals surface area contributed by atoms with Crippen molar-refractivity contribution < 1.29 is 0 Å². The van der Waals surface area contributed by atoms with Gasteiger partial charge in [0.1, 0.15) is 5.82 Å². The molecule has 22 heavy (non-hydrogen) atoms. The van der Waals surface area contributed by atoms with Crippen molar-refractivity contribution >= 4 is 28.3 Å². The maximum atomic E-state index is 6.47. The Morgan fingerprint density at radius 2 is 2.00 bits per heavy atom. The third kappa shape index (κ3) is 2.42. The number of fused-ring (bicyclic) bond motifs is 1. The Morgan fingerprint density at radius 1 is 1.14 bits per heavy atom. The third-order valence-corrected chi connectivity index (χ3v) is 4.23. The van der Waals surface area contributed by atoms with Crippen molar-refractivity contribution in [2.75, 3.05) is 31.1 Å². The van der Waals surface area contributed by atoms with Gasteiger partial charge in [-0.25, -0.2) is 9.97 Å². The molecule has 1 saturated heterocycles. The van der Waals surface area contributed by atoms with E-state index in [9.17, 15) is 0 Å². The minimum Gasteiger partial charge on any atom is -0.353 e. The van der Waals surface area contributed by atoms with Gasteiger partial charge in [-0.2, -0.15) is 0 Å². The highest BCUT2D eigenvalue weighted by molar-refractivity contribution is 6.33. The Morgan fingerprint density at radius 3 is 2.77 bits per heavy atom. The highest BCUT2D eigenvalue weighted by Crippen LogP contribution is 2.29. The third-order valence-electron chi connectivity index (χ3n) is 3.95. The Bertz CT molecular complexity index is 794. The highest BCUT2D eigenvalue weighted by Gasteiger charge is 2.16. The number of nitrogens with zero attached hydrogens (tertiary/aromatic N) is 4. The number of halogens is 1. The van der Waals surface area contributed by atoms with Crippen molar-refractivity contribution in [1.29, 1.82) is 0 Å². The first-order chi connectivity index (χ1) is 10.8. The quantitative estimate of drug-likeness (QED) is 0.789. The van der Waals surface area contributed by atoms with Crippen LogP contribution in [-0.4, -0.2) is 40.7 Å². The van der Waals surface area contributed by atoms with E-state index in [-0.39, 0.29) is 0 Å². The second kappa shape index (κ2) is 5.59.